The zero-order valence-electron chi connectivity index (χ0n) is 16.5. The molecule has 1 amide bonds. The number of ether oxygens (including phenoxy) is 2. The fraction of sp³-hybridized carbons (Fsp3) is 0.500. The van der Waals surface area contributed by atoms with Crippen LogP contribution < -0.4 is 25.6 Å². The predicted octanol–water partition coefficient (Wildman–Crippen LogP) is 3.83. The van der Waals surface area contributed by atoms with Crippen molar-refractivity contribution in [3.05, 3.63) is 28.8 Å². The van der Waals surface area contributed by atoms with Crippen molar-refractivity contribution in [3.8, 4) is 11.5 Å². The molecule has 1 aromatic rings. The number of carbonyl (C=O) groups is 1. The molecular formula is C20H28ClN3O3S. The van der Waals surface area contributed by atoms with E-state index in [0.29, 0.717) is 40.2 Å². The Hall–Kier alpha value is -1.99. The molecule has 2 unspecified atom stereocenters. The second-order valence-electron chi connectivity index (χ2n) is 6.76. The van der Waals surface area contributed by atoms with Crippen LogP contribution in [-0.4, -0.2) is 30.8 Å². The van der Waals surface area contributed by atoms with Gasteiger partial charge in [-0.15, -0.1) is 0 Å². The highest BCUT2D eigenvalue weighted by molar-refractivity contribution is 7.80. The summed E-state index contributed by atoms with van der Waals surface area (Å²) in [4.78, 5) is 12.0. The van der Waals surface area contributed by atoms with Crippen LogP contribution >= 0.6 is 23.8 Å². The summed E-state index contributed by atoms with van der Waals surface area (Å²) >= 11 is 11.5. The van der Waals surface area contributed by atoms with E-state index in [0.717, 1.165) is 12.0 Å². The third-order valence-corrected chi connectivity index (χ3v) is 5.20. The minimum Gasteiger partial charge on any atom is -0.493 e. The summed E-state index contributed by atoms with van der Waals surface area (Å²) in [6.07, 6.45) is 7.79. The Kier molecular flexibility index (Phi) is 8.86. The third-order valence-electron chi connectivity index (χ3n) is 4.69. The zero-order valence-corrected chi connectivity index (χ0v) is 18.1. The van der Waals surface area contributed by atoms with Crippen LogP contribution in [0.5, 0.6) is 11.5 Å². The van der Waals surface area contributed by atoms with Gasteiger partial charge in [0.2, 0.25) is 0 Å². The summed E-state index contributed by atoms with van der Waals surface area (Å²) in [6, 6.07) is 3.81. The molecule has 28 heavy (non-hydrogen) atoms. The number of hydrogen-bond donors (Lipinski definition) is 3. The molecular weight excluding hydrogens is 398 g/mol. The molecule has 2 rings (SSSR count). The van der Waals surface area contributed by atoms with Crippen molar-refractivity contribution in [1.82, 2.24) is 16.2 Å². The molecule has 3 N–H and O–H groups in total. The Labute approximate surface area is 177 Å². The maximum Gasteiger partial charge on any atom is 0.262 e. The van der Waals surface area contributed by atoms with Gasteiger partial charge in [0.1, 0.15) is 0 Å². The molecule has 1 aliphatic rings. The van der Waals surface area contributed by atoms with Crippen LogP contribution in [0.2, 0.25) is 5.02 Å². The van der Waals surface area contributed by atoms with Gasteiger partial charge in [0.25, 0.3) is 5.91 Å². The molecule has 6 nitrogen and oxygen atoms in total. The second-order valence-corrected chi connectivity index (χ2v) is 7.57. The molecule has 1 aliphatic carbocycles. The molecule has 8 heteroatoms. The molecule has 1 saturated carbocycles. The Morgan fingerprint density at radius 2 is 2.07 bits per heavy atom. The predicted molar refractivity (Wildman–Crippen MR) is 117 cm³/mol. The van der Waals surface area contributed by atoms with E-state index in [1.54, 1.807) is 25.3 Å². The number of methoxy groups -OCH3 is 1. The smallest absolute Gasteiger partial charge is 0.262 e. The summed E-state index contributed by atoms with van der Waals surface area (Å²) in [7, 11) is 1.54. The van der Waals surface area contributed by atoms with Gasteiger partial charge in [0, 0.05) is 12.1 Å². The molecule has 1 fully saturated rings. The van der Waals surface area contributed by atoms with E-state index < -0.39 is 0 Å². The topological polar surface area (TPSA) is 71.6 Å². The molecule has 0 spiro atoms. The fourth-order valence-corrected chi connectivity index (χ4v) is 3.66. The standard InChI is InChI=1S/C20H28ClN3O3S/c1-4-27-19-15(21)11-14(12-17(19)26-3)9-10-18(25)23-24-20(28)22-16-8-6-5-7-13(16)2/h9-13,16H,4-8H2,1-3H3,(H,23,25)(H2,22,24,28)/b10-9+. The molecule has 154 valence electrons. The van der Waals surface area contributed by atoms with Gasteiger partial charge in [0.15, 0.2) is 16.6 Å². The summed E-state index contributed by atoms with van der Waals surface area (Å²) in [5, 5.41) is 4.12. The Morgan fingerprint density at radius 3 is 2.75 bits per heavy atom. The monoisotopic (exact) mass is 425 g/mol. The maximum atomic E-state index is 12.0. The van der Waals surface area contributed by atoms with Crippen LogP contribution in [0.4, 0.5) is 0 Å². The highest BCUT2D eigenvalue weighted by atomic mass is 35.5. The first-order chi connectivity index (χ1) is 13.4. The second kappa shape index (κ2) is 11.1. The summed E-state index contributed by atoms with van der Waals surface area (Å²) < 4.78 is 10.8. The minimum atomic E-state index is -0.329. The van der Waals surface area contributed by atoms with Crippen molar-refractivity contribution in [2.45, 2.75) is 45.6 Å². The van der Waals surface area contributed by atoms with Crippen molar-refractivity contribution in [2.24, 2.45) is 5.92 Å². The number of thiocarbonyl (C=S) groups is 1. The lowest BCUT2D eigenvalue weighted by Gasteiger charge is -2.30. The minimum absolute atomic E-state index is 0.329. The normalized spacial score (nSPS) is 19.1. The average molecular weight is 426 g/mol. The summed E-state index contributed by atoms with van der Waals surface area (Å²) in [6.45, 7) is 4.57. The van der Waals surface area contributed by atoms with Crippen LogP contribution in [0, 0.1) is 5.92 Å². The molecule has 0 bridgehead atoms. The highest BCUT2D eigenvalue weighted by Gasteiger charge is 2.21. The molecule has 0 aliphatic heterocycles. The number of halogens is 1. The van der Waals surface area contributed by atoms with Crippen molar-refractivity contribution < 1.29 is 14.3 Å². The molecule has 0 radical (unpaired) electrons. The van der Waals surface area contributed by atoms with E-state index in [2.05, 4.69) is 23.1 Å². The van der Waals surface area contributed by atoms with Gasteiger partial charge in [-0.25, -0.2) is 0 Å². The van der Waals surface area contributed by atoms with E-state index in [-0.39, 0.29) is 5.91 Å². The SMILES string of the molecule is CCOc1c(Cl)cc(/C=C/C(=O)NNC(=S)NC2CCCCC2C)cc1OC. The summed E-state index contributed by atoms with van der Waals surface area (Å²) in [5.41, 5.74) is 6.03. The highest BCUT2D eigenvalue weighted by Crippen LogP contribution is 2.36. The van der Waals surface area contributed by atoms with E-state index in [4.69, 9.17) is 33.3 Å². The number of rotatable bonds is 6. The van der Waals surface area contributed by atoms with Gasteiger partial charge in [-0.2, -0.15) is 0 Å². The number of benzene rings is 1. The van der Waals surface area contributed by atoms with Crippen molar-refractivity contribution >= 4 is 40.9 Å². The Bertz CT molecular complexity index is 727. The lowest BCUT2D eigenvalue weighted by Crippen LogP contribution is -2.51. The molecule has 0 aromatic heterocycles. The van der Waals surface area contributed by atoms with E-state index in [9.17, 15) is 4.79 Å². The van der Waals surface area contributed by atoms with Crippen molar-refractivity contribution in [1.29, 1.82) is 0 Å². The number of amides is 1. The van der Waals surface area contributed by atoms with Gasteiger partial charge in [-0.1, -0.05) is 31.4 Å². The third kappa shape index (κ3) is 6.56. The quantitative estimate of drug-likeness (QED) is 0.365. The van der Waals surface area contributed by atoms with Gasteiger partial charge >= 0.3 is 0 Å². The van der Waals surface area contributed by atoms with Crippen LogP contribution in [0.3, 0.4) is 0 Å². The first-order valence-corrected chi connectivity index (χ1v) is 10.3. The Balaban J connectivity index is 1.87. The van der Waals surface area contributed by atoms with Crippen molar-refractivity contribution in [3.63, 3.8) is 0 Å². The van der Waals surface area contributed by atoms with Crippen LogP contribution in [0.25, 0.3) is 6.08 Å². The van der Waals surface area contributed by atoms with Gasteiger partial charge in [-0.05, 0) is 61.7 Å². The van der Waals surface area contributed by atoms with E-state index in [1.165, 1.54) is 25.3 Å². The van der Waals surface area contributed by atoms with Gasteiger partial charge in [-0.3, -0.25) is 15.6 Å². The maximum absolute atomic E-state index is 12.0. The lowest BCUT2D eigenvalue weighted by atomic mass is 9.86. The van der Waals surface area contributed by atoms with Crippen LogP contribution in [0.15, 0.2) is 18.2 Å². The Morgan fingerprint density at radius 1 is 1.32 bits per heavy atom. The van der Waals surface area contributed by atoms with Crippen molar-refractivity contribution in [2.75, 3.05) is 13.7 Å². The number of carbonyl (C=O) groups excluding carboxylic acids is 1. The zero-order chi connectivity index (χ0) is 20.5. The molecule has 1 aromatic carbocycles. The number of hydrazine groups is 1. The van der Waals surface area contributed by atoms with E-state index in [1.807, 2.05) is 6.92 Å². The lowest BCUT2D eigenvalue weighted by molar-refractivity contribution is -0.116. The van der Waals surface area contributed by atoms with Crippen LogP contribution in [-0.2, 0) is 4.79 Å². The number of nitrogens with one attached hydrogen (secondary N) is 3. The molecule has 2 atom stereocenters. The average Bonchev–Trinajstić information content (AvgIpc) is 2.68. The number of hydrogen-bond acceptors (Lipinski definition) is 4. The molecule has 0 saturated heterocycles. The van der Waals surface area contributed by atoms with Gasteiger partial charge in [0.05, 0.1) is 18.7 Å². The first-order valence-electron chi connectivity index (χ1n) is 9.49. The van der Waals surface area contributed by atoms with Gasteiger partial charge < -0.3 is 14.8 Å². The van der Waals surface area contributed by atoms with E-state index >= 15 is 0 Å². The fourth-order valence-electron chi connectivity index (χ4n) is 3.19. The summed E-state index contributed by atoms with van der Waals surface area (Å²) in [5.74, 6) is 1.25. The van der Waals surface area contributed by atoms with Crippen LogP contribution in [0.1, 0.15) is 45.1 Å². The largest absolute Gasteiger partial charge is 0.493 e. The first kappa shape index (κ1) is 22.3. The molecule has 0 heterocycles.